The van der Waals surface area contributed by atoms with Gasteiger partial charge in [0.25, 0.3) is 0 Å². The Balaban J connectivity index is 1.91. The Labute approximate surface area is 145 Å². The predicted molar refractivity (Wildman–Crippen MR) is 89.9 cm³/mol. The lowest BCUT2D eigenvalue weighted by atomic mass is 10.2. The first kappa shape index (κ1) is 18.5. The van der Waals surface area contributed by atoms with E-state index in [1.54, 1.807) is 19.2 Å². The van der Waals surface area contributed by atoms with E-state index >= 15 is 0 Å². The van der Waals surface area contributed by atoms with Crippen LogP contribution in [0.1, 0.15) is 5.56 Å². The Hall–Kier alpha value is -2.82. The third-order valence-electron chi connectivity index (χ3n) is 3.07. The summed E-state index contributed by atoms with van der Waals surface area (Å²) >= 11 is 0. The zero-order chi connectivity index (χ0) is 18.4. The lowest BCUT2D eigenvalue weighted by Crippen LogP contribution is -2.27. The molecule has 2 N–H and O–H groups in total. The highest BCUT2D eigenvalue weighted by Crippen LogP contribution is 2.27. The van der Waals surface area contributed by atoms with Gasteiger partial charge in [0.05, 0.1) is 26.7 Å². The number of aromatic nitrogens is 3. The summed E-state index contributed by atoms with van der Waals surface area (Å²) in [6, 6.07) is 5.33. The van der Waals surface area contributed by atoms with E-state index in [-0.39, 0.29) is 18.3 Å². The molecule has 0 unspecified atom stereocenters. The number of ether oxygens (including phenoxy) is 2. The van der Waals surface area contributed by atoms with Crippen molar-refractivity contribution in [2.75, 3.05) is 25.2 Å². The number of carbonyl (C=O) groups excluding carboxylic acids is 1. The predicted octanol–water partition coefficient (Wildman–Crippen LogP) is -0.0168. The molecule has 10 nitrogen and oxygen atoms in total. The van der Waals surface area contributed by atoms with E-state index in [2.05, 4.69) is 20.4 Å². The number of benzene rings is 1. The van der Waals surface area contributed by atoms with Crippen LogP contribution in [-0.4, -0.2) is 49.8 Å². The van der Waals surface area contributed by atoms with Crippen LogP contribution in [0.15, 0.2) is 24.4 Å². The fourth-order valence-corrected chi connectivity index (χ4v) is 2.48. The van der Waals surface area contributed by atoms with Crippen molar-refractivity contribution in [1.82, 2.24) is 20.3 Å². The summed E-state index contributed by atoms with van der Waals surface area (Å²) in [5.41, 5.74) is 0.837. The van der Waals surface area contributed by atoms with Crippen molar-refractivity contribution in [2.45, 2.75) is 13.1 Å². The maximum Gasteiger partial charge on any atom is 0.242 e. The van der Waals surface area contributed by atoms with Gasteiger partial charge in [-0.25, -0.2) is 13.1 Å². The number of methoxy groups -OCH3 is 2. The normalized spacial score (nSPS) is 11.0. The lowest BCUT2D eigenvalue weighted by Gasteiger charge is -2.10. The zero-order valence-electron chi connectivity index (χ0n) is 14.0. The molecular formula is C14H19N5O5S. The number of nitrogens with one attached hydrogen (secondary N) is 2. The highest BCUT2D eigenvalue weighted by atomic mass is 32.2. The monoisotopic (exact) mass is 369 g/mol. The number of sulfonamides is 1. The summed E-state index contributed by atoms with van der Waals surface area (Å²) in [4.78, 5) is 12.0. The summed E-state index contributed by atoms with van der Waals surface area (Å²) in [7, 11) is -0.359. The Morgan fingerprint density at radius 2 is 1.96 bits per heavy atom. The highest BCUT2D eigenvalue weighted by Gasteiger charge is 2.10. The van der Waals surface area contributed by atoms with Crippen molar-refractivity contribution in [3.05, 3.63) is 30.0 Å². The highest BCUT2D eigenvalue weighted by molar-refractivity contribution is 7.92. The van der Waals surface area contributed by atoms with E-state index in [0.717, 1.165) is 11.8 Å². The first-order chi connectivity index (χ1) is 11.8. The van der Waals surface area contributed by atoms with Crippen molar-refractivity contribution < 1.29 is 22.7 Å². The van der Waals surface area contributed by atoms with Crippen LogP contribution in [0, 0.1) is 0 Å². The van der Waals surface area contributed by atoms with Crippen LogP contribution >= 0.6 is 0 Å². The molecule has 0 bridgehead atoms. The maximum absolute atomic E-state index is 12.0. The van der Waals surface area contributed by atoms with Crippen LogP contribution < -0.4 is 19.5 Å². The largest absolute Gasteiger partial charge is 0.493 e. The molecule has 1 amide bonds. The number of amides is 1. The fourth-order valence-electron chi connectivity index (χ4n) is 2.01. The fraction of sp³-hybridized carbons (Fsp3) is 0.357. The third-order valence-corrected chi connectivity index (χ3v) is 3.65. The van der Waals surface area contributed by atoms with Crippen LogP contribution in [0.2, 0.25) is 0 Å². The Bertz CT molecular complexity index is 849. The van der Waals surface area contributed by atoms with Gasteiger partial charge >= 0.3 is 0 Å². The molecule has 136 valence electrons. The molecule has 1 aromatic heterocycles. The molecule has 0 saturated heterocycles. The van der Waals surface area contributed by atoms with Gasteiger partial charge in [-0.3, -0.25) is 9.52 Å². The van der Waals surface area contributed by atoms with Crippen LogP contribution in [0.5, 0.6) is 11.5 Å². The number of anilines is 1. The molecule has 11 heteroatoms. The van der Waals surface area contributed by atoms with Gasteiger partial charge in [0.1, 0.15) is 6.54 Å². The van der Waals surface area contributed by atoms with Gasteiger partial charge in [-0.2, -0.15) is 0 Å². The van der Waals surface area contributed by atoms with E-state index in [9.17, 15) is 13.2 Å². The van der Waals surface area contributed by atoms with E-state index in [1.807, 2.05) is 6.07 Å². The first-order valence-corrected chi connectivity index (χ1v) is 9.05. The lowest BCUT2D eigenvalue weighted by molar-refractivity contribution is -0.122. The molecule has 0 atom stereocenters. The van der Waals surface area contributed by atoms with Crippen molar-refractivity contribution >= 4 is 21.7 Å². The van der Waals surface area contributed by atoms with Crippen molar-refractivity contribution in [1.29, 1.82) is 0 Å². The molecular weight excluding hydrogens is 350 g/mol. The minimum Gasteiger partial charge on any atom is -0.493 e. The third kappa shape index (κ3) is 5.64. The number of rotatable bonds is 8. The second-order valence-electron chi connectivity index (χ2n) is 5.14. The number of hydrogen-bond donors (Lipinski definition) is 2. The summed E-state index contributed by atoms with van der Waals surface area (Å²) < 4.78 is 36.0. The van der Waals surface area contributed by atoms with E-state index in [4.69, 9.17) is 9.47 Å². The molecule has 2 rings (SSSR count). The smallest absolute Gasteiger partial charge is 0.242 e. The molecule has 0 aliphatic heterocycles. The van der Waals surface area contributed by atoms with Crippen LogP contribution in [0.3, 0.4) is 0 Å². The minimum absolute atomic E-state index is 0.0511. The molecule has 0 saturated carbocycles. The van der Waals surface area contributed by atoms with Gasteiger partial charge in [-0.1, -0.05) is 11.3 Å². The minimum atomic E-state index is -3.44. The second kappa shape index (κ2) is 7.83. The van der Waals surface area contributed by atoms with Crippen LogP contribution in [0.25, 0.3) is 0 Å². The maximum atomic E-state index is 12.0. The summed E-state index contributed by atoms with van der Waals surface area (Å²) in [5.74, 6) is 0.925. The Morgan fingerprint density at radius 3 is 2.60 bits per heavy atom. The molecule has 1 aromatic carbocycles. The van der Waals surface area contributed by atoms with Gasteiger partial charge in [0, 0.05) is 6.54 Å². The van der Waals surface area contributed by atoms with Gasteiger partial charge < -0.3 is 14.8 Å². The quantitative estimate of drug-likeness (QED) is 0.670. The van der Waals surface area contributed by atoms with Gasteiger partial charge in [0.15, 0.2) is 17.3 Å². The molecule has 25 heavy (non-hydrogen) atoms. The summed E-state index contributed by atoms with van der Waals surface area (Å²) in [6.45, 7) is 0.202. The topological polar surface area (TPSA) is 124 Å². The van der Waals surface area contributed by atoms with E-state index in [0.29, 0.717) is 18.0 Å². The number of carbonyl (C=O) groups is 1. The summed E-state index contributed by atoms with van der Waals surface area (Å²) in [6.07, 6.45) is 2.33. The number of hydrogen-bond acceptors (Lipinski definition) is 7. The SMILES string of the molecule is COc1ccc(CNC(=O)Cn2cc(NS(C)(=O)=O)nn2)cc1OC. The summed E-state index contributed by atoms with van der Waals surface area (Å²) in [5, 5.41) is 10.0. The molecule has 1 heterocycles. The van der Waals surface area contributed by atoms with Crippen LogP contribution in [0.4, 0.5) is 5.82 Å². The van der Waals surface area contributed by atoms with E-state index < -0.39 is 10.0 Å². The average Bonchev–Trinajstić information content (AvgIpc) is 2.97. The Kier molecular flexibility index (Phi) is 5.80. The zero-order valence-corrected chi connectivity index (χ0v) is 14.8. The van der Waals surface area contributed by atoms with Crippen molar-refractivity contribution in [2.24, 2.45) is 0 Å². The second-order valence-corrected chi connectivity index (χ2v) is 6.89. The molecule has 0 aliphatic rings. The van der Waals surface area contributed by atoms with Gasteiger partial charge in [0.2, 0.25) is 15.9 Å². The standard InChI is InChI=1S/C14H19N5O5S/c1-23-11-5-4-10(6-12(11)24-2)7-15-14(20)9-19-8-13(16-18-19)17-25(3,21)22/h4-6,8,17H,7,9H2,1-3H3,(H,15,20). The Morgan fingerprint density at radius 1 is 1.24 bits per heavy atom. The number of nitrogens with zero attached hydrogens (tertiary/aromatic N) is 3. The molecule has 0 fully saturated rings. The van der Waals surface area contributed by atoms with E-state index in [1.165, 1.54) is 18.0 Å². The molecule has 0 radical (unpaired) electrons. The van der Waals surface area contributed by atoms with Crippen molar-refractivity contribution in [3.63, 3.8) is 0 Å². The van der Waals surface area contributed by atoms with Gasteiger partial charge in [-0.15, -0.1) is 5.10 Å². The van der Waals surface area contributed by atoms with Crippen molar-refractivity contribution in [3.8, 4) is 11.5 Å². The average molecular weight is 369 g/mol. The molecule has 2 aromatic rings. The molecule has 0 aliphatic carbocycles. The molecule has 0 spiro atoms. The van der Waals surface area contributed by atoms with Crippen LogP contribution in [-0.2, 0) is 27.9 Å². The van der Waals surface area contributed by atoms with Gasteiger partial charge in [-0.05, 0) is 17.7 Å². The first-order valence-electron chi connectivity index (χ1n) is 7.16.